The van der Waals surface area contributed by atoms with E-state index in [1.54, 1.807) is 26.1 Å². The van der Waals surface area contributed by atoms with Crippen molar-refractivity contribution < 1.29 is 22.7 Å². The normalized spacial score (nSPS) is 19.4. The van der Waals surface area contributed by atoms with Crippen LogP contribution in [0, 0.1) is 0 Å². The maximum Gasteiger partial charge on any atom is 0.338 e. The Kier molecular flexibility index (Phi) is 9.00. The summed E-state index contributed by atoms with van der Waals surface area (Å²) in [5.74, 6) is -0.134. The van der Waals surface area contributed by atoms with Gasteiger partial charge in [-0.15, -0.1) is 0 Å². The van der Waals surface area contributed by atoms with Gasteiger partial charge in [0.05, 0.1) is 23.1 Å². The van der Waals surface area contributed by atoms with Crippen LogP contribution in [0.25, 0.3) is 0 Å². The van der Waals surface area contributed by atoms with E-state index >= 15 is 0 Å². The molecule has 1 N–H and O–H groups in total. The van der Waals surface area contributed by atoms with Gasteiger partial charge in [-0.2, -0.15) is 4.31 Å². The van der Waals surface area contributed by atoms with Crippen LogP contribution in [0.2, 0.25) is 5.02 Å². The number of rotatable bonds is 8. The summed E-state index contributed by atoms with van der Waals surface area (Å²) in [5, 5.41) is 3.42. The van der Waals surface area contributed by atoms with E-state index in [-0.39, 0.29) is 30.6 Å². The smallest absolute Gasteiger partial charge is 0.338 e. The third-order valence-electron chi connectivity index (χ3n) is 7.16. The molecule has 2 aliphatic heterocycles. The van der Waals surface area contributed by atoms with Gasteiger partial charge in [-0.1, -0.05) is 49.7 Å². The predicted octanol–water partition coefficient (Wildman–Crippen LogP) is 3.98. The van der Waals surface area contributed by atoms with Crippen LogP contribution in [0.1, 0.15) is 43.9 Å². The number of amides is 2. The standard InChI is InChI=1S/C28H35ClN4O5S/c1-5-38-27(34)25-24(31(4)28(35)30-26(25)21-8-6-20(7-9-21)19(2)3)18-32-14-16-33(17-15-32)39(36,37)23-12-10-22(29)11-13-23/h6-13,19,26H,5,14-18H2,1-4H3,(H,30,35)/t26-/m1/s1. The van der Waals surface area contributed by atoms with Gasteiger partial charge in [0, 0.05) is 50.5 Å². The molecule has 0 bridgehead atoms. The highest BCUT2D eigenvalue weighted by molar-refractivity contribution is 7.89. The van der Waals surface area contributed by atoms with Crippen molar-refractivity contribution in [3.8, 4) is 0 Å². The third-order valence-corrected chi connectivity index (χ3v) is 9.33. The van der Waals surface area contributed by atoms with Gasteiger partial charge in [0.1, 0.15) is 0 Å². The maximum atomic E-state index is 13.3. The quantitative estimate of drug-likeness (QED) is 0.479. The Morgan fingerprint density at radius 1 is 1.05 bits per heavy atom. The second-order valence-electron chi connectivity index (χ2n) is 9.98. The maximum absolute atomic E-state index is 13.3. The molecule has 0 aromatic heterocycles. The van der Waals surface area contributed by atoms with Crippen LogP contribution >= 0.6 is 11.6 Å². The fourth-order valence-electron chi connectivity index (χ4n) is 4.82. The summed E-state index contributed by atoms with van der Waals surface area (Å²) in [5.41, 5.74) is 2.88. The van der Waals surface area contributed by atoms with Gasteiger partial charge < -0.3 is 10.1 Å². The van der Waals surface area contributed by atoms with Gasteiger partial charge in [0.2, 0.25) is 10.0 Å². The number of likely N-dealkylation sites (N-methyl/N-ethyl adjacent to an activating group) is 1. The third kappa shape index (κ3) is 6.30. The summed E-state index contributed by atoms with van der Waals surface area (Å²) in [7, 11) is -2.03. The molecular formula is C28H35ClN4O5S. The van der Waals surface area contributed by atoms with E-state index < -0.39 is 22.0 Å². The van der Waals surface area contributed by atoms with Gasteiger partial charge in [-0.25, -0.2) is 18.0 Å². The number of carbonyl (C=O) groups is 2. The zero-order chi connectivity index (χ0) is 28.3. The molecule has 2 aromatic rings. The van der Waals surface area contributed by atoms with Crippen molar-refractivity contribution >= 4 is 33.6 Å². The number of ether oxygens (including phenoxy) is 1. The van der Waals surface area contributed by atoms with E-state index in [9.17, 15) is 18.0 Å². The number of hydrogen-bond donors (Lipinski definition) is 1. The molecule has 2 amide bonds. The summed E-state index contributed by atoms with van der Waals surface area (Å²) in [6.07, 6.45) is 0. The van der Waals surface area contributed by atoms with E-state index in [0.717, 1.165) is 11.1 Å². The summed E-state index contributed by atoms with van der Waals surface area (Å²) < 4.78 is 33.1. The Balaban J connectivity index is 1.59. The Morgan fingerprint density at radius 2 is 1.67 bits per heavy atom. The molecule has 1 atom stereocenters. The molecule has 11 heteroatoms. The first-order valence-corrected chi connectivity index (χ1v) is 14.9. The van der Waals surface area contributed by atoms with E-state index in [1.807, 2.05) is 24.3 Å². The van der Waals surface area contributed by atoms with Gasteiger partial charge in [0.25, 0.3) is 0 Å². The molecule has 210 valence electrons. The number of nitrogens with one attached hydrogen (secondary N) is 1. The van der Waals surface area contributed by atoms with Crippen LogP contribution in [0.4, 0.5) is 4.79 Å². The minimum Gasteiger partial charge on any atom is -0.463 e. The van der Waals surface area contributed by atoms with Crippen LogP contribution in [-0.2, 0) is 19.6 Å². The molecule has 4 rings (SSSR count). The molecular weight excluding hydrogens is 540 g/mol. The second-order valence-corrected chi connectivity index (χ2v) is 12.4. The molecule has 9 nitrogen and oxygen atoms in total. The second kappa shape index (κ2) is 12.1. The van der Waals surface area contributed by atoms with Crippen molar-refractivity contribution in [1.82, 2.24) is 19.4 Å². The van der Waals surface area contributed by atoms with Gasteiger partial charge in [-0.05, 0) is 48.2 Å². The van der Waals surface area contributed by atoms with E-state index in [1.165, 1.54) is 21.3 Å². The molecule has 0 aliphatic carbocycles. The molecule has 1 saturated heterocycles. The van der Waals surface area contributed by atoms with E-state index in [2.05, 4.69) is 24.1 Å². The molecule has 39 heavy (non-hydrogen) atoms. The summed E-state index contributed by atoms with van der Waals surface area (Å²) >= 11 is 5.92. The highest BCUT2D eigenvalue weighted by Crippen LogP contribution is 2.32. The summed E-state index contributed by atoms with van der Waals surface area (Å²) in [6, 6.07) is 13.0. The Labute approximate surface area is 235 Å². The minimum absolute atomic E-state index is 0.197. The van der Waals surface area contributed by atoms with Crippen molar-refractivity contribution in [2.75, 3.05) is 46.4 Å². The number of benzene rings is 2. The average Bonchev–Trinajstić information content (AvgIpc) is 2.92. The highest BCUT2D eigenvalue weighted by Gasteiger charge is 2.38. The number of hydrogen-bond acceptors (Lipinski definition) is 6. The molecule has 0 unspecified atom stereocenters. The molecule has 0 spiro atoms. The number of sulfonamides is 1. The highest BCUT2D eigenvalue weighted by atomic mass is 35.5. The minimum atomic E-state index is -3.65. The number of piperazine rings is 1. The lowest BCUT2D eigenvalue weighted by Crippen LogP contribution is -2.53. The summed E-state index contributed by atoms with van der Waals surface area (Å²) in [4.78, 5) is 30.0. The first kappa shape index (κ1) is 29.1. The molecule has 2 aromatic carbocycles. The van der Waals surface area contributed by atoms with Crippen molar-refractivity contribution in [2.45, 2.75) is 37.6 Å². The first-order chi connectivity index (χ1) is 18.5. The largest absolute Gasteiger partial charge is 0.463 e. The van der Waals surface area contributed by atoms with Crippen molar-refractivity contribution in [1.29, 1.82) is 0 Å². The number of urea groups is 1. The monoisotopic (exact) mass is 574 g/mol. The van der Waals surface area contributed by atoms with Crippen molar-refractivity contribution in [2.24, 2.45) is 0 Å². The summed E-state index contributed by atoms with van der Waals surface area (Å²) in [6.45, 7) is 7.90. The number of esters is 1. The first-order valence-electron chi connectivity index (χ1n) is 13.0. The van der Waals surface area contributed by atoms with Gasteiger partial charge >= 0.3 is 12.0 Å². The van der Waals surface area contributed by atoms with Crippen molar-refractivity contribution in [3.05, 3.63) is 76.0 Å². The van der Waals surface area contributed by atoms with Crippen LogP contribution in [0.5, 0.6) is 0 Å². The lowest BCUT2D eigenvalue weighted by atomic mass is 9.92. The average molecular weight is 575 g/mol. The van der Waals surface area contributed by atoms with Crippen LogP contribution in [0.3, 0.4) is 0 Å². The van der Waals surface area contributed by atoms with E-state index in [0.29, 0.717) is 41.8 Å². The van der Waals surface area contributed by atoms with Gasteiger partial charge in [0.15, 0.2) is 0 Å². The van der Waals surface area contributed by atoms with E-state index in [4.69, 9.17) is 16.3 Å². The predicted molar refractivity (Wildman–Crippen MR) is 150 cm³/mol. The number of halogens is 1. The molecule has 2 heterocycles. The Hall–Kier alpha value is -2.92. The number of carbonyl (C=O) groups excluding carboxylic acids is 2. The fraction of sp³-hybridized carbons (Fsp3) is 0.429. The molecule has 2 aliphatic rings. The topological polar surface area (TPSA) is 99.3 Å². The lowest BCUT2D eigenvalue weighted by molar-refractivity contribution is -0.139. The SMILES string of the molecule is CCOC(=O)C1=C(CN2CCN(S(=O)(=O)c3ccc(Cl)cc3)CC2)N(C)C(=O)N[C@@H]1c1ccc(C(C)C)cc1. The fourth-order valence-corrected chi connectivity index (χ4v) is 6.37. The number of nitrogens with zero attached hydrogens (tertiary/aromatic N) is 3. The molecule has 0 radical (unpaired) electrons. The van der Waals surface area contributed by atoms with Crippen LogP contribution in [0.15, 0.2) is 64.7 Å². The Morgan fingerprint density at radius 3 is 2.23 bits per heavy atom. The zero-order valence-corrected chi connectivity index (χ0v) is 24.3. The van der Waals surface area contributed by atoms with Crippen molar-refractivity contribution in [3.63, 3.8) is 0 Å². The van der Waals surface area contributed by atoms with Crippen LogP contribution < -0.4 is 5.32 Å². The Bertz CT molecular complexity index is 1340. The lowest BCUT2D eigenvalue weighted by Gasteiger charge is -2.39. The van der Waals surface area contributed by atoms with Gasteiger partial charge in [-0.3, -0.25) is 9.80 Å². The molecule has 0 saturated carbocycles. The van der Waals surface area contributed by atoms with Crippen LogP contribution in [-0.4, -0.2) is 80.9 Å². The zero-order valence-electron chi connectivity index (χ0n) is 22.7. The molecule has 1 fully saturated rings.